The van der Waals surface area contributed by atoms with Gasteiger partial charge in [0.1, 0.15) is 17.4 Å². The summed E-state index contributed by atoms with van der Waals surface area (Å²) in [4.78, 5) is 11.0. The van der Waals surface area contributed by atoms with Gasteiger partial charge < -0.3 is 11.1 Å². The standard InChI is InChI=1S/C8H10F2N4O/c9-6(10)5-1-2-12-8-4(7(11)15)3-13-14(5)8/h3,5-6,12H,1-2H2,(H2,11,15). The van der Waals surface area contributed by atoms with Gasteiger partial charge in [0.25, 0.3) is 12.3 Å². The molecule has 1 aliphatic rings. The van der Waals surface area contributed by atoms with Gasteiger partial charge in [0.2, 0.25) is 0 Å². The molecule has 0 fully saturated rings. The lowest BCUT2D eigenvalue weighted by atomic mass is 10.1. The van der Waals surface area contributed by atoms with Crippen molar-refractivity contribution in [1.29, 1.82) is 0 Å². The van der Waals surface area contributed by atoms with Crippen molar-refractivity contribution in [3.63, 3.8) is 0 Å². The number of carbonyl (C=O) groups is 1. The summed E-state index contributed by atoms with van der Waals surface area (Å²) in [5.41, 5.74) is 5.24. The second-order valence-corrected chi connectivity index (χ2v) is 3.33. The van der Waals surface area contributed by atoms with Gasteiger partial charge in [-0.25, -0.2) is 13.5 Å². The molecule has 7 heteroatoms. The molecule has 0 saturated heterocycles. The van der Waals surface area contributed by atoms with E-state index in [4.69, 9.17) is 5.73 Å². The van der Waals surface area contributed by atoms with E-state index in [0.29, 0.717) is 12.4 Å². The van der Waals surface area contributed by atoms with Gasteiger partial charge in [-0.15, -0.1) is 0 Å². The van der Waals surface area contributed by atoms with E-state index >= 15 is 0 Å². The molecule has 0 bridgehead atoms. The van der Waals surface area contributed by atoms with Crippen molar-refractivity contribution < 1.29 is 13.6 Å². The van der Waals surface area contributed by atoms with Crippen LogP contribution in [0.4, 0.5) is 14.6 Å². The van der Waals surface area contributed by atoms with Gasteiger partial charge in [-0.3, -0.25) is 4.79 Å². The molecule has 1 unspecified atom stereocenters. The molecular formula is C8H10F2N4O. The van der Waals surface area contributed by atoms with E-state index in [9.17, 15) is 13.6 Å². The Kier molecular flexibility index (Phi) is 2.29. The Morgan fingerprint density at radius 1 is 1.73 bits per heavy atom. The average Bonchev–Trinajstić information content (AvgIpc) is 2.59. The molecular weight excluding hydrogens is 206 g/mol. The van der Waals surface area contributed by atoms with Gasteiger partial charge in [0, 0.05) is 6.54 Å². The van der Waals surface area contributed by atoms with E-state index in [2.05, 4.69) is 10.4 Å². The number of nitrogens with two attached hydrogens (primary N) is 1. The summed E-state index contributed by atoms with van der Waals surface area (Å²) in [6.07, 6.45) is -0.998. The topological polar surface area (TPSA) is 72.9 Å². The minimum Gasteiger partial charge on any atom is -0.370 e. The number of hydrogen-bond donors (Lipinski definition) is 2. The molecule has 0 radical (unpaired) electrons. The highest BCUT2D eigenvalue weighted by molar-refractivity contribution is 5.97. The molecule has 3 N–H and O–H groups in total. The number of rotatable bonds is 2. The fraction of sp³-hybridized carbons (Fsp3) is 0.500. The largest absolute Gasteiger partial charge is 0.370 e. The van der Waals surface area contributed by atoms with Crippen LogP contribution in [0.25, 0.3) is 0 Å². The summed E-state index contributed by atoms with van der Waals surface area (Å²) in [5.74, 6) is -0.377. The van der Waals surface area contributed by atoms with E-state index in [1.165, 1.54) is 6.20 Å². The highest BCUT2D eigenvalue weighted by Crippen LogP contribution is 2.30. The summed E-state index contributed by atoms with van der Waals surface area (Å²) >= 11 is 0. The number of anilines is 1. The average molecular weight is 216 g/mol. The lowest BCUT2D eigenvalue weighted by Crippen LogP contribution is -2.29. The predicted molar refractivity (Wildman–Crippen MR) is 48.9 cm³/mol. The van der Waals surface area contributed by atoms with Crippen LogP contribution in [0.5, 0.6) is 0 Å². The molecule has 1 aromatic heterocycles. The second-order valence-electron chi connectivity index (χ2n) is 3.33. The van der Waals surface area contributed by atoms with E-state index in [1.54, 1.807) is 0 Å². The minimum atomic E-state index is -2.49. The molecule has 0 saturated carbocycles. The first-order valence-electron chi connectivity index (χ1n) is 4.50. The van der Waals surface area contributed by atoms with E-state index < -0.39 is 18.4 Å². The summed E-state index contributed by atoms with van der Waals surface area (Å²) in [6.45, 7) is 0.390. The van der Waals surface area contributed by atoms with Crippen LogP contribution in [0.15, 0.2) is 6.20 Å². The van der Waals surface area contributed by atoms with Crippen molar-refractivity contribution in [2.24, 2.45) is 5.73 Å². The number of alkyl halides is 2. The van der Waals surface area contributed by atoms with E-state index in [1.807, 2.05) is 0 Å². The number of primary amides is 1. The predicted octanol–water partition coefficient (Wildman–Crippen LogP) is 0.604. The number of amides is 1. The molecule has 1 aliphatic heterocycles. The molecule has 15 heavy (non-hydrogen) atoms. The highest BCUT2D eigenvalue weighted by Gasteiger charge is 2.30. The van der Waals surface area contributed by atoms with Gasteiger partial charge in [-0.05, 0) is 6.42 Å². The quantitative estimate of drug-likeness (QED) is 0.760. The third-order valence-electron chi connectivity index (χ3n) is 2.40. The maximum Gasteiger partial charge on any atom is 0.260 e. The summed E-state index contributed by atoms with van der Waals surface area (Å²) in [6, 6.07) is -0.977. The Hall–Kier alpha value is -1.66. The second kappa shape index (κ2) is 3.48. The first-order valence-corrected chi connectivity index (χ1v) is 4.50. The van der Waals surface area contributed by atoms with Gasteiger partial charge in [0.05, 0.1) is 6.20 Å². The third kappa shape index (κ3) is 1.53. The van der Waals surface area contributed by atoms with Crippen LogP contribution in [0, 0.1) is 0 Å². The number of hydrogen-bond acceptors (Lipinski definition) is 3. The fourth-order valence-electron chi connectivity index (χ4n) is 1.66. The number of nitrogens with one attached hydrogen (secondary N) is 1. The van der Waals surface area contributed by atoms with Crippen LogP contribution in [-0.2, 0) is 0 Å². The SMILES string of the molecule is NC(=O)c1cnn2c1NCCC2C(F)F. The normalized spacial score (nSPS) is 19.8. The first-order chi connectivity index (χ1) is 7.11. The number of carbonyl (C=O) groups excluding carboxylic acids is 1. The number of aromatic nitrogens is 2. The molecule has 1 aromatic rings. The van der Waals surface area contributed by atoms with Crippen LogP contribution in [0.1, 0.15) is 22.8 Å². The van der Waals surface area contributed by atoms with Crippen molar-refractivity contribution >= 4 is 11.7 Å². The fourth-order valence-corrected chi connectivity index (χ4v) is 1.66. The zero-order valence-electron chi connectivity index (χ0n) is 7.78. The molecule has 0 spiro atoms. The van der Waals surface area contributed by atoms with Crippen molar-refractivity contribution in [3.05, 3.63) is 11.8 Å². The van der Waals surface area contributed by atoms with Gasteiger partial charge in [-0.2, -0.15) is 5.10 Å². The van der Waals surface area contributed by atoms with Crippen molar-refractivity contribution in [2.45, 2.75) is 18.9 Å². The Bertz CT molecular complexity index is 390. The smallest absolute Gasteiger partial charge is 0.260 e. The molecule has 2 rings (SSSR count). The Labute approximate surface area is 84.2 Å². The number of nitrogens with zero attached hydrogens (tertiary/aromatic N) is 2. The van der Waals surface area contributed by atoms with Crippen molar-refractivity contribution in [1.82, 2.24) is 9.78 Å². The Balaban J connectivity index is 2.42. The minimum absolute atomic E-state index is 0.153. The van der Waals surface area contributed by atoms with Crippen LogP contribution >= 0.6 is 0 Å². The summed E-state index contributed by atoms with van der Waals surface area (Å²) in [5, 5.41) is 6.60. The van der Waals surface area contributed by atoms with Crippen LogP contribution in [-0.4, -0.2) is 28.7 Å². The Morgan fingerprint density at radius 2 is 2.47 bits per heavy atom. The van der Waals surface area contributed by atoms with Gasteiger partial charge in [-0.1, -0.05) is 0 Å². The lowest BCUT2D eigenvalue weighted by molar-refractivity contribution is 0.0713. The zero-order valence-corrected chi connectivity index (χ0v) is 7.78. The lowest BCUT2D eigenvalue weighted by Gasteiger charge is -2.25. The van der Waals surface area contributed by atoms with Crippen LogP contribution < -0.4 is 11.1 Å². The van der Waals surface area contributed by atoms with Gasteiger partial charge >= 0.3 is 0 Å². The molecule has 82 valence electrons. The number of fused-ring (bicyclic) bond motifs is 1. The van der Waals surface area contributed by atoms with Crippen LogP contribution in [0.3, 0.4) is 0 Å². The van der Waals surface area contributed by atoms with Crippen LogP contribution in [0.2, 0.25) is 0 Å². The molecule has 0 aromatic carbocycles. The highest BCUT2D eigenvalue weighted by atomic mass is 19.3. The maximum atomic E-state index is 12.6. The summed E-state index contributed by atoms with van der Waals surface area (Å²) < 4.78 is 26.3. The number of halogens is 2. The third-order valence-corrected chi connectivity index (χ3v) is 2.40. The maximum absolute atomic E-state index is 12.6. The summed E-state index contributed by atoms with van der Waals surface area (Å²) in [7, 11) is 0. The first kappa shape index (κ1) is 9.88. The monoisotopic (exact) mass is 216 g/mol. The van der Waals surface area contributed by atoms with Crippen molar-refractivity contribution in [2.75, 3.05) is 11.9 Å². The van der Waals surface area contributed by atoms with E-state index in [-0.39, 0.29) is 12.0 Å². The molecule has 2 heterocycles. The molecule has 5 nitrogen and oxygen atoms in total. The Morgan fingerprint density at radius 3 is 3.07 bits per heavy atom. The molecule has 1 amide bonds. The van der Waals surface area contributed by atoms with E-state index in [0.717, 1.165) is 4.68 Å². The van der Waals surface area contributed by atoms with Gasteiger partial charge in [0.15, 0.2) is 0 Å². The molecule has 1 atom stereocenters. The van der Waals surface area contributed by atoms with Crippen molar-refractivity contribution in [3.8, 4) is 0 Å². The molecule has 0 aliphatic carbocycles. The zero-order chi connectivity index (χ0) is 11.0.